The van der Waals surface area contributed by atoms with E-state index in [0.717, 1.165) is 51.3 Å². The number of aromatic nitrogens is 1. The fourth-order valence-corrected chi connectivity index (χ4v) is 5.76. The summed E-state index contributed by atoms with van der Waals surface area (Å²) in [4.78, 5) is 20.9. The zero-order valence-corrected chi connectivity index (χ0v) is 18.5. The van der Waals surface area contributed by atoms with Gasteiger partial charge in [0.15, 0.2) is 0 Å². The van der Waals surface area contributed by atoms with Gasteiger partial charge in [-0.3, -0.25) is 4.79 Å². The molecular weight excluding hydrogens is 404 g/mol. The Labute approximate surface area is 185 Å². The number of benzene rings is 2. The molecule has 4 nitrogen and oxygen atoms in total. The number of amides is 1. The molecule has 4 aromatic rings. The van der Waals surface area contributed by atoms with Gasteiger partial charge in [-0.05, 0) is 68.0 Å². The first kappa shape index (κ1) is 19.8. The van der Waals surface area contributed by atoms with Gasteiger partial charge < -0.3 is 10.1 Å². The van der Waals surface area contributed by atoms with Gasteiger partial charge in [-0.25, -0.2) is 4.98 Å². The van der Waals surface area contributed by atoms with Crippen molar-refractivity contribution in [1.82, 2.24) is 4.98 Å². The maximum Gasteiger partial charge on any atom is 0.258 e. The molecule has 1 aliphatic carbocycles. The Balaban J connectivity index is 1.75. The first-order valence-electron chi connectivity index (χ1n) is 10.6. The van der Waals surface area contributed by atoms with E-state index in [1.165, 1.54) is 23.3 Å². The van der Waals surface area contributed by atoms with Crippen LogP contribution in [0, 0.1) is 6.92 Å². The van der Waals surface area contributed by atoms with Crippen molar-refractivity contribution in [1.29, 1.82) is 0 Å². The maximum absolute atomic E-state index is 13.5. The van der Waals surface area contributed by atoms with E-state index >= 15 is 0 Å². The molecule has 1 aliphatic rings. The predicted octanol–water partition coefficient (Wildman–Crippen LogP) is 6.41. The summed E-state index contributed by atoms with van der Waals surface area (Å²) < 4.78 is 5.36. The number of aryl methyl sites for hydroxylation is 3. The second kappa shape index (κ2) is 8.16. The summed E-state index contributed by atoms with van der Waals surface area (Å²) in [6, 6.07) is 17.6. The van der Waals surface area contributed by atoms with Gasteiger partial charge in [0, 0.05) is 21.5 Å². The SMILES string of the molecule is COc1ccc(-c2c(C(=O)Nc3ccccc3)c(C)nc3sc4c(c23)CCCC4)cc1. The zero-order valence-electron chi connectivity index (χ0n) is 17.7. The average molecular weight is 429 g/mol. The zero-order chi connectivity index (χ0) is 21.4. The highest BCUT2D eigenvalue weighted by Gasteiger charge is 2.26. The molecule has 0 bridgehead atoms. The largest absolute Gasteiger partial charge is 0.497 e. The molecule has 5 rings (SSSR count). The molecule has 0 saturated carbocycles. The van der Waals surface area contributed by atoms with Gasteiger partial charge in [-0.2, -0.15) is 0 Å². The molecule has 31 heavy (non-hydrogen) atoms. The van der Waals surface area contributed by atoms with Crippen LogP contribution in [0.4, 0.5) is 5.69 Å². The molecule has 1 N–H and O–H groups in total. The minimum absolute atomic E-state index is 0.125. The van der Waals surface area contributed by atoms with Crippen molar-refractivity contribution in [3.8, 4) is 16.9 Å². The van der Waals surface area contributed by atoms with Crippen molar-refractivity contribution in [2.45, 2.75) is 32.6 Å². The Bertz CT molecular complexity index is 1260. The van der Waals surface area contributed by atoms with Gasteiger partial charge in [-0.15, -0.1) is 11.3 Å². The molecular formula is C26H24N2O2S. The van der Waals surface area contributed by atoms with E-state index in [4.69, 9.17) is 9.72 Å². The fraction of sp³-hybridized carbons (Fsp3) is 0.231. The lowest BCUT2D eigenvalue weighted by Gasteiger charge is -2.17. The minimum Gasteiger partial charge on any atom is -0.497 e. The van der Waals surface area contributed by atoms with E-state index in [2.05, 4.69) is 5.32 Å². The summed E-state index contributed by atoms with van der Waals surface area (Å²) in [7, 11) is 1.66. The Morgan fingerprint density at radius 2 is 1.77 bits per heavy atom. The van der Waals surface area contributed by atoms with Crippen LogP contribution >= 0.6 is 11.3 Å². The summed E-state index contributed by atoms with van der Waals surface area (Å²) in [5.41, 5.74) is 5.55. The van der Waals surface area contributed by atoms with E-state index in [1.807, 2.05) is 61.5 Å². The summed E-state index contributed by atoms with van der Waals surface area (Å²) in [6.07, 6.45) is 4.55. The molecule has 2 aromatic heterocycles. The number of carbonyl (C=O) groups is 1. The van der Waals surface area contributed by atoms with E-state index < -0.39 is 0 Å². The smallest absolute Gasteiger partial charge is 0.258 e. The van der Waals surface area contributed by atoms with Crippen LogP contribution < -0.4 is 10.1 Å². The lowest BCUT2D eigenvalue weighted by atomic mass is 9.89. The molecule has 0 radical (unpaired) electrons. The predicted molar refractivity (Wildman–Crippen MR) is 127 cm³/mol. The van der Waals surface area contributed by atoms with E-state index in [-0.39, 0.29) is 5.91 Å². The van der Waals surface area contributed by atoms with E-state index in [9.17, 15) is 4.79 Å². The van der Waals surface area contributed by atoms with Gasteiger partial charge in [-0.1, -0.05) is 30.3 Å². The second-order valence-corrected chi connectivity index (χ2v) is 8.97. The lowest BCUT2D eigenvalue weighted by Crippen LogP contribution is -2.16. The molecule has 5 heteroatoms. The molecule has 1 amide bonds. The van der Waals surface area contributed by atoms with Crippen molar-refractivity contribution in [3.05, 3.63) is 76.3 Å². The molecule has 0 aliphatic heterocycles. The summed E-state index contributed by atoms with van der Waals surface area (Å²) >= 11 is 1.79. The van der Waals surface area contributed by atoms with Gasteiger partial charge in [0.1, 0.15) is 10.6 Å². The highest BCUT2D eigenvalue weighted by molar-refractivity contribution is 7.19. The monoisotopic (exact) mass is 428 g/mol. The molecule has 0 atom stereocenters. The summed E-state index contributed by atoms with van der Waals surface area (Å²) in [6.45, 7) is 1.94. The number of carbonyl (C=O) groups excluding carboxylic acids is 1. The van der Waals surface area contributed by atoms with Gasteiger partial charge in [0.05, 0.1) is 18.4 Å². The Hall–Kier alpha value is -3.18. The van der Waals surface area contributed by atoms with Crippen molar-refractivity contribution in [2.75, 3.05) is 12.4 Å². The van der Waals surface area contributed by atoms with Crippen LogP contribution in [0.2, 0.25) is 0 Å². The highest BCUT2D eigenvalue weighted by atomic mass is 32.1. The third kappa shape index (κ3) is 3.59. The van der Waals surface area contributed by atoms with Crippen molar-refractivity contribution < 1.29 is 9.53 Å². The second-order valence-electron chi connectivity index (χ2n) is 7.89. The third-order valence-electron chi connectivity index (χ3n) is 5.92. The van der Waals surface area contributed by atoms with Gasteiger partial charge in [0.2, 0.25) is 0 Å². The number of anilines is 1. The average Bonchev–Trinajstić information content (AvgIpc) is 3.16. The van der Waals surface area contributed by atoms with Crippen LogP contribution in [0.3, 0.4) is 0 Å². The van der Waals surface area contributed by atoms with Crippen LogP contribution in [0.15, 0.2) is 54.6 Å². The number of pyridine rings is 1. The first-order chi connectivity index (χ1) is 15.2. The number of thiophene rings is 1. The van der Waals surface area contributed by atoms with Gasteiger partial charge >= 0.3 is 0 Å². The number of nitrogens with zero attached hydrogens (tertiary/aromatic N) is 1. The third-order valence-corrected chi connectivity index (χ3v) is 7.11. The Morgan fingerprint density at radius 1 is 1.03 bits per heavy atom. The number of methoxy groups -OCH3 is 1. The normalized spacial score (nSPS) is 13.1. The molecule has 0 spiro atoms. The van der Waals surface area contributed by atoms with E-state index in [1.54, 1.807) is 18.4 Å². The molecule has 156 valence electrons. The van der Waals surface area contributed by atoms with Crippen LogP contribution in [-0.4, -0.2) is 18.0 Å². The topological polar surface area (TPSA) is 51.2 Å². The quantitative estimate of drug-likeness (QED) is 0.408. The fourth-order valence-electron chi connectivity index (χ4n) is 4.44. The lowest BCUT2D eigenvalue weighted by molar-refractivity contribution is 0.102. The summed E-state index contributed by atoms with van der Waals surface area (Å²) in [5, 5.41) is 4.22. The van der Waals surface area contributed by atoms with E-state index in [0.29, 0.717) is 5.56 Å². The first-order valence-corrected chi connectivity index (χ1v) is 11.4. The number of hydrogen-bond donors (Lipinski definition) is 1. The highest BCUT2D eigenvalue weighted by Crippen LogP contribution is 2.43. The molecule has 2 aromatic carbocycles. The molecule has 0 fully saturated rings. The van der Waals surface area contributed by atoms with Crippen molar-refractivity contribution in [2.24, 2.45) is 0 Å². The number of hydrogen-bond acceptors (Lipinski definition) is 4. The summed E-state index contributed by atoms with van der Waals surface area (Å²) in [5.74, 6) is 0.674. The number of ether oxygens (including phenoxy) is 1. The Morgan fingerprint density at radius 3 is 2.52 bits per heavy atom. The van der Waals surface area contributed by atoms with Crippen LogP contribution in [-0.2, 0) is 12.8 Å². The molecule has 0 unspecified atom stereocenters. The molecule has 2 heterocycles. The minimum atomic E-state index is -0.125. The maximum atomic E-state index is 13.5. The van der Waals surface area contributed by atoms with Crippen molar-refractivity contribution >= 4 is 33.1 Å². The molecule has 0 saturated heterocycles. The number of fused-ring (bicyclic) bond motifs is 3. The number of nitrogens with one attached hydrogen (secondary N) is 1. The number of rotatable bonds is 4. The van der Waals surface area contributed by atoms with Crippen LogP contribution in [0.5, 0.6) is 5.75 Å². The standard InChI is InChI=1S/C26H24N2O2S/c1-16-22(25(29)28-18-8-4-3-5-9-18)23(17-12-14-19(30-2)15-13-17)24-20-10-6-7-11-21(20)31-26(24)27-16/h3-5,8-9,12-15H,6-7,10-11H2,1-2H3,(H,28,29). The Kier molecular flexibility index (Phi) is 5.20. The van der Waals surface area contributed by atoms with Gasteiger partial charge in [0.25, 0.3) is 5.91 Å². The van der Waals surface area contributed by atoms with Crippen LogP contribution in [0.1, 0.15) is 39.3 Å². The van der Waals surface area contributed by atoms with Crippen molar-refractivity contribution in [3.63, 3.8) is 0 Å². The van der Waals surface area contributed by atoms with Crippen LogP contribution in [0.25, 0.3) is 21.3 Å². The number of para-hydroxylation sites is 1.